The molecule has 0 aromatic heterocycles. The van der Waals surface area contributed by atoms with Crippen molar-refractivity contribution >= 4 is 52.6 Å². The summed E-state index contributed by atoms with van der Waals surface area (Å²) in [5.41, 5.74) is 2.44. The Morgan fingerprint density at radius 2 is 1.96 bits per heavy atom. The van der Waals surface area contributed by atoms with Crippen molar-refractivity contribution in [1.82, 2.24) is 4.31 Å². The fourth-order valence-electron chi connectivity index (χ4n) is 2.35. The molecule has 0 saturated heterocycles. The van der Waals surface area contributed by atoms with Gasteiger partial charge in [-0.1, -0.05) is 53.5 Å². The fraction of sp³-hybridized carbons (Fsp3) is 0.294. The Balaban J connectivity index is 1.42. The maximum Gasteiger partial charge on any atom is 0.0779 e. The average Bonchev–Trinajstić information content (AvgIpc) is 2.56. The van der Waals surface area contributed by atoms with Crippen LogP contribution in [-0.4, -0.2) is 29.0 Å². The van der Waals surface area contributed by atoms with Crippen molar-refractivity contribution in [3.8, 4) is 0 Å². The number of hydrogen-bond donors (Lipinski definition) is 1. The van der Waals surface area contributed by atoms with Crippen LogP contribution in [0.1, 0.15) is 5.56 Å². The van der Waals surface area contributed by atoms with E-state index in [0.717, 1.165) is 41.7 Å². The van der Waals surface area contributed by atoms with Crippen LogP contribution in [0.25, 0.3) is 0 Å². The highest BCUT2D eigenvalue weighted by Gasteiger charge is 2.19. The average molecular weight is 385 g/mol. The third-order valence-corrected chi connectivity index (χ3v) is 6.32. The molecule has 0 spiro atoms. The van der Waals surface area contributed by atoms with E-state index in [0.29, 0.717) is 10.0 Å². The highest BCUT2D eigenvalue weighted by Crippen LogP contribution is 2.41. The monoisotopic (exact) mass is 384 g/mol. The van der Waals surface area contributed by atoms with Gasteiger partial charge >= 0.3 is 0 Å². The van der Waals surface area contributed by atoms with E-state index in [9.17, 15) is 0 Å². The van der Waals surface area contributed by atoms with Crippen molar-refractivity contribution in [2.45, 2.75) is 11.3 Å². The van der Waals surface area contributed by atoms with Crippen molar-refractivity contribution in [2.75, 3.05) is 30.0 Å². The number of anilines is 1. The molecule has 1 N–H and O–H groups in total. The zero-order chi connectivity index (χ0) is 16.1. The molecular weight excluding hydrogens is 367 g/mol. The topological polar surface area (TPSA) is 15.3 Å². The molecule has 2 aromatic rings. The Labute approximate surface area is 156 Å². The van der Waals surface area contributed by atoms with Gasteiger partial charge in [-0.2, -0.15) is 11.8 Å². The van der Waals surface area contributed by atoms with E-state index >= 15 is 0 Å². The van der Waals surface area contributed by atoms with Gasteiger partial charge in [0.15, 0.2) is 0 Å². The van der Waals surface area contributed by atoms with E-state index in [2.05, 4.69) is 40.0 Å². The quantitative estimate of drug-likeness (QED) is 0.509. The predicted molar refractivity (Wildman–Crippen MR) is 105 cm³/mol. The van der Waals surface area contributed by atoms with E-state index in [1.165, 1.54) is 5.56 Å². The lowest BCUT2D eigenvalue weighted by molar-refractivity contribution is 0.529. The minimum Gasteiger partial charge on any atom is -0.370 e. The van der Waals surface area contributed by atoms with E-state index in [4.69, 9.17) is 23.2 Å². The lowest BCUT2D eigenvalue weighted by Gasteiger charge is -2.29. The van der Waals surface area contributed by atoms with Gasteiger partial charge in [-0.25, -0.2) is 4.31 Å². The minimum atomic E-state index is 0.673. The van der Waals surface area contributed by atoms with Crippen molar-refractivity contribution < 1.29 is 0 Å². The first kappa shape index (κ1) is 17.3. The van der Waals surface area contributed by atoms with E-state index in [1.54, 1.807) is 18.0 Å². The molecule has 0 unspecified atom stereocenters. The predicted octanol–water partition coefficient (Wildman–Crippen LogP) is 5.66. The van der Waals surface area contributed by atoms with Gasteiger partial charge in [0, 0.05) is 17.3 Å². The van der Waals surface area contributed by atoms with Crippen LogP contribution < -0.4 is 5.32 Å². The highest BCUT2D eigenvalue weighted by molar-refractivity contribution is 7.99. The number of hydrogen-bond acceptors (Lipinski definition) is 4. The fourth-order valence-corrected chi connectivity index (χ4v) is 4.94. The molecule has 0 radical (unpaired) electrons. The van der Waals surface area contributed by atoms with Gasteiger partial charge in [-0.05, 0) is 41.8 Å². The summed E-state index contributed by atoms with van der Waals surface area (Å²) in [5.74, 6) is 2.27. The molecule has 1 heterocycles. The van der Waals surface area contributed by atoms with Crippen LogP contribution in [0.4, 0.5) is 5.69 Å². The Morgan fingerprint density at radius 1 is 1.13 bits per heavy atom. The molecule has 0 amide bonds. The normalized spacial score (nSPS) is 14.3. The van der Waals surface area contributed by atoms with Crippen LogP contribution in [0.15, 0.2) is 47.4 Å². The summed E-state index contributed by atoms with van der Waals surface area (Å²) < 4.78 is 2.30. The summed E-state index contributed by atoms with van der Waals surface area (Å²) in [6.45, 7) is 1.84. The Bertz CT molecular complexity index is 653. The standard InChI is InChI=1S/C17H18Cl2N2S2/c18-14-10-15(19)17-16(11-14)20-12-21(23-17)7-9-22-8-6-13-4-2-1-3-5-13/h1-5,10-11,20H,6-9,12H2. The number of nitrogens with one attached hydrogen (secondary N) is 1. The van der Waals surface area contributed by atoms with Gasteiger partial charge in [0.25, 0.3) is 0 Å². The van der Waals surface area contributed by atoms with Crippen molar-refractivity contribution in [1.29, 1.82) is 0 Å². The Hall–Kier alpha value is -0.520. The lowest BCUT2D eigenvalue weighted by atomic mass is 10.2. The molecule has 0 saturated carbocycles. The highest BCUT2D eigenvalue weighted by atomic mass is 35.5. The van der Waals surface area contributed by atoms with Crippen molar-refractivity contribution in [3.05, 3.63) is 58.1 Å². The zero-order valence-corrected chi connectivity index (χ0v) is 15.7. The summed E-state index contributed by atoms with van der Waals surface area (Å²) in [6.07, 6.45) is 1.13. The zero-order valence-electron chi connectivity index (χ0n) is 12.6. The second-order valence-corrected chi connectivity index (χ2v) is 8.42. The van der Waals surface area contributed by atoms with E-state index in [1.807, 2.05) is 17.8 Å². The van der Waals surface area contributed by atoms with Crippen LogP contribution in [0.3, 0.4) is 0 Å². The molecule has 6 heteroatoms. The van der Waals surface area contributed by atoms with Crippen molar-refractivity contribution in [3.63, 3.8) is 0 Å². The third-order valence-electron chi connectivity index (χ3n) is 3.54. The molecule has 0 aliphatic carbocycles. The van der Waals surface area contributed by atoms with Gasteiger partial charge in [0.05, 0.1) is 22.3 Å². The smallest absolute Gasteiger partial charge is 0.0779 e. The number of halogens is 2. The molecule has 0 bridgehead atoms. The number of benzene rings is 2. The number of fused-ring (bicyclic) bond motifs is 1. The lowest BCUT2D eigenvalue weighted by Crippen LogP contribution is -2.29. The second kappa shape index (κ2) is 8.54. The van der Waals surface area contributed by atoms with Crippen LogP contribution in [0, 0.1) is 0 Å². The van der Waals surface area contributed by atoms with Crippen molar-refractivity contribution in [2.24, 2.45) is 0 Å². The first-order chi connectivity index (χ1) is 11.2. The Morgan fingerprint density at radius 3 is 2.78 bits per heavy atom. The third kappa shape index (κ3) is 4.97. The van der Waals surface area contributed by atoms with E-state index < -0.39 is 0 Å². The largest absolute Gasteiger partial charge is 0.370 e. The van der Waals surface area contributed by atoms with Gasteiger partial charge < -0.3 is 5.32 Å². The first-order valence-corrected chi connectivity index (χ1v) is 10.2. The summed E-state index contributed by atoms with van der Waals surface area (Å²) in [7, 11) is 0. The second-order valence-electron chi connectivity index (χ2n) is 5.24. The molecule has 2 nitrogen and oxygen atoms in total. The van der Waals surface area contributed by atoms with Crippen LogP contribution >= 0.6 is 46.9 Å². The summed E-state index contributed by atoms with van der Waals surface area (Å²) >= 11 is 16.0. The van der Waals surface area contributed by atoms with Gasteiger partial charge in [0.2, 0.25) is 0 Å². The SMILES string of the molecule is Clc1cc(Cl)c2c(c1)NCN(CCSCCc1ccccc1)S2. The minimum absolute atomic E-state index is 0.673. The van der Waals surface area contributed by atoms with Gasteiger partial charge in [0.1, 0.15) is 0 Å². The first-order valence-electron chi connectivity index (χ1n) is 7.50. The maximum absolute atomic E-state index is 6.29. The molecule has 2 aromatic carbocycles. The number of aryl methyl sites for hydroxylation is 1. The van der Waals surface area contributed by atoms with Crippen LogP contribution in [0.2, 0.25) is 10.0 Å². The molecule has 1 aliphatic rings. The molecule has 23 heavy (non-hydrogen) atoms. The summed E-state index contributed by atoms with van der Waals surface area (Å²) in [4.78, 5) is 1.07. The van der Waals surface area contributed by atoms with Crippen LogP contribution in [0.5, 0.6) is 0 Å². The maximum atomic E-state index is 6.29. The summed E-state index contributed by atoms with van der Waals surface area (Å²) in [5, 5.41) is 4.78. The molecule has 122 valence electrons. The van der Waals surface area contributed by atoms with Gasteiger partial charge in [-0.3, -0.25) is 0 Å². The van der Waals surface area contributed by atoms with E-state index in [-0.39, 0.29) is 0 Å². The number of nitrogens with zero attached hydrogens (tertiary/aromatic N) is 1. The summed E-state index contributed by atoms with van der Waals surface area (Å²) in [6, 6.07) is 14.4. The number of thioether (sulfide) groups is 1. The molecule has 0 atom stereocenters. The molecular formula is C17H18Cl2N2S2. The number of rotatable bonds is 6. The molecule has 1 aliphatic heterocycles. The Kier molecular flexibility index (Phi) is 6.43. The van der Waals surface area contributed by atoms with Gasteiger partial charge in [-0.15, -0.1) is 0 Å². The molecule has 0 fully saturated rings. The molecule has 3 rings (SSSR count). The van der Waals surface area contributed by atoms with Crippen LogP contribution in [-0.2, 0) is 6.42 Å².